The first-order valence-electron chi connectivity index (χ1n) is 6.89. The van der Waals surface area contributed by atoms with Crippen molar-refractivity contribution in [2.45, 2.75) is 26.4 Å². The van der Waals surface area contributed by atoms with E-state index < -0.39 is 17.7 Å². The molecule has 9 heteroatoms. The molecule has 0 aromatic rings. The zero-order valence-electron chi connectivity index (χ0n) is 13.3. The minimum absolute atomic E-state index is 0. The molecule has 0 atom stereocenters. The van der Waals surface area contributed by atoms with Crippen molar-refractivity contribution in [1.82, 2.24) is 15.1 Å². The molecule has 1 aliphatic rings. The second-order valence-corrected chi connectivity index (χ2v) is 5.94. The lowest BCUT2D eigenvalue weighted by atomic mass is 10.2. The molecule has 132 valence electrons. The number of alkyl carbamates (subject to hydrolysis) is 1. The largest absolute Gasteiger partial charge is 0.480 e. The summed E-state index contributed by atoms with van der Waals surface area (Å²) < 4.78 is 5.15. The Labute approximate surface area is 144 Å². The number of nitrogens with one attached hydrogen (secondary N) is 1. The van der Waals surface area contributed by atoms with Crippen LogP contribution in [0.3, 0.4) is 0 Å². The molecule has 0 bridgehead atoms. The topological polar surface area (TPSA) is 82.1 Å². The molecule has 1 fully saturated rings. The summed E-state index contributed by atoms with van der Waals surface area (Å²) in [6, 6.07) is 0. The summed E-state index contributed by atoms with van der Waals surface area (Å²) in [7, 11) is 0. The number of rotatable bonds is 5. The van der Waals surface area contributed by atoms with Gasteiger partial charge in [0.2, 0.25) is 0 Å². The number of amides is 1. The highest BCUT2D eigenvalue weighted by molar-refractivity contribution is 5.85. The first-order valence-corrected chi connectivity index (χ1v) is 6.89. The van der Waals surface area contributed by atoms with E-state index in [2.05, 4.69) is 10.2 Å². The number of ether oxygens (including phenoxy) is 1. The van der Waals surface area contributed by atoms with E-state index in [1.165, 1.54) is 0 Å². The number of hydrogen-bond donors (Lipinski definition) is 2. The molecule has 1 heterocycles. The molecule has 0 radical (unpaired) electrons. The summed E-state index contributed by atoms with van der Waals surface area (Å²) in [5.41, 5.74) is -0.480. The van der Waals surface area contributed by atoms with Gasteiger partial charge in [0.1, 0.15) is 5.60 Å². The summed E-state index contributed by atoms with van der Waals surface area (Å²) in [6.45, 7) is 10.0. The summed E-state index contributed by atoms with van der Waals surface area (Å²) >= 11 is 0. The molecule has 22 heavy (non-hydrogen) atoms. The molecule has 0 spiro atoms. The average Bonchev–Trinajstić information content (AvgIpc) is 2.28. The standard InChI is InChI=1S/C13H25N3O4.2ClH/c1-13(2,3)20-12(19)14-4-5-15-6-8-16(9-7-15)10-11(17)18;;/h4-10H2,1-3H3,(H,14,19)(H,17,18);2*1H. The molecule has 2 N–H and O–H groups in total. The van der Waals surface area contributed by atoms with Crippen LogP contribution < -0.4 is 5.32 Å². The Bertz CT molecular complexity index is 343. The van der Waals surface area contributed by atoms with Crippen molar-refractivity contribution in [1.29, 1.82) is 0 Å². The maximum Gasteiger partial charge on any atom is 0.407 e. The van der Waals surface area contributed by atoms with Crippen molar-refractivity contribution in [3.8, 4) is 0 Å². The van der Waals surface area contributed by atoms with E-state index in [1.807, 2.05) is 25.7 Å². The van der Waals surface area contributed by atoms with Crippen LogP contribution in [-0.2, 0) is 9.53 Å². The SMILES string of the molecule is CC(C)(C)OC(=O)NCCN1CCN(CC(=O)O)CC1.Cl.Cl. The second-order valence-electron chi connectivity index (χ2n) is 5.94. The van der Waals surface area contributed by atoms with E-state index in [9.17, 15) is 9.59 Å². The molecule has 1 amide bonds. The third kappa shape index (κ3) is 10.9. The fourth-order valence-electron chi connectivity index (χ4n) is 1.99. The van der Waals surface area contributed by atoms with Crippen molar-refractivity contribution in [2.75, 3.05) is 45.8 Å². The zero-order chi connectivity index (χ0) is 15.2. The third-order valence-electron chi connectivity index (χ3n) is 2.92. The number of hydrogen-bond acceptors (Lipinski definition) is 5. The highest BCUT2D eigenvalue weighted by Crippen LogP contribution is 2.06. The van der Waals surface area contributed by atoms with Gasteiger partial charge in [-0.15, -0.1) is 24.8 Å². The molecule has 0 unspecified atom stereocenters. The van der Waals surface area contributed by atoms with Gasteiger partial charge in [-0.3, -0.25) is 14.6 Å². The lowest BCUT2D eigenvalue weighted by Gasteiger charge is -2.33. The van der Waals surface area contributed by atoms with Gasteiger partial charge < -0.3 is 15.2 Å². The average molecular weight is 360 g/mol. The number of carboxylic acids is 1. The van der Waals surface area contributed by atoms with Gasteiger partial charge in [-0.25, -0.2) is 4.79 Å². The van der Waals surface area contributed by atoms with Crippen molar-refractivity contribution in [3.05, 3.63) is 0 Å². The van der Waals surface area contributed by atoms with Crippen LogP contribution in [0.2, 0.25) is 0 Å². The van der Waals surface area contributed by atoms with Crippen molar-refractivity contribution < 1.29 is 19.4 Å². The Morgan fingerprint density at radius 3 is 2.05 bits per heavy atom. The van der Waals surface area contributed by atoms with Gasteiger partial charge in [0, 0.05) is 39.3 Å². The highest BCUT2D eigenvalue weighted by Gasteiger charge is 2.19. The smallest absolute Gasteiger partial charge is 0.407 e. The second kappa shape index (κ2) is 10.9. The minimum Gasteiger partial charge on any atom is -0.480 e. The lowest BCUT2D eigenvalue weighted by molar-refractivity contribution is -0.138. The van der Waals surface area contributed by atoms with Gasteiger partial charge in [0.05, 0.1) is 6.54 Å². The van der Waals surface area contributed by atoms with Crippen LogP contribution in [0.25, 0.3) is 0 Å². The number of carbonyl (C=O) groups is 2. The summed E-state index contributed by atoms with van der Waals surface area (Å²) in [6.07, 6.45) is -0.401. The number of aliphatic carboxylic acids is 1. The van der Waals surface area contributed by atoms with Crippen LogP contribution in [0.1, 0.15) is 20.8 Å². The summed E-state index contributed by atoms with van der Waals surface area (Å²) in [5, 5.41) is 11.4. The molecule has 0 saturated carbocycles. The van der Waals surface area contributed by atoms with E-state index in [1.54, 1.807) is 0 Å². The van der Waals surface area contributed by atoms with Gasteiger partial charge in [0.15, 0.2) is 0 Å². The molecular weight excluding hydrogens is 333 g/mol. The van der Waals surface area contributed by atoms with Crippen LogP contribution in [0.15, 0.2) is 0 Å². The first kappa shape index (κ1) is 23.5. The monoisotopic (exact) mass is 359 g/mol. The maximum atomic E-state index is 11.4. The number of piperazine rings is 1. The number of nitrogens with zero attached hydrogens (tertiary/aromatic N) is 2. The van der Waals surface area contributed by atoms with Gasteiger partial charge in [-0.1, -0.05) is 0 Å². The van der Waals surface area contributed by atoms with Gasteiger partial charge in [0.25, 0.3) is 0 Å². The van der Waals surface area contributed by atoms with Crippen LogP contribution in [0, 0.1) is 0 Å². The van der Waals surface area contributed by atoms with Crippen LogP contribution in [-0.4, -0.2) is 78.4 Å². The van der Waals surface area contributed by atoms with E-state index in [0.717, 1.165) is 32.7 Å². The molecule has 1 rings (SSSR count). The molecule has 0 aliphatic carbocycles. The number of halogens is 2. The predicted octanol–water partition coefficient (Wildman–Crippen LogP) is 1.06. The fraction of sp³-hybridized carbons (Fsp3) is 0.846. The zero-order valence-corrected chi connectivity index (χ0v) is 15.0. The Kier molecular flexibility index (Phi) is 11.6. The van der Waals surface area contributed by atoms with Gasteiger partial charge >= 0.3 is 12.1 Å². The van der Waals surface area contributed by atoms with E-state index in [-0.39, 0.29) is 31.4 Å². The third-order valence-corrected chi connectivity index (χ3v) is 2.92. The van der Waals surface area contributed by atoms with Gasteiger partial charge in [-0.2, -0.15) is 0 Å². The van der Waals surface area contributed by atoms with Crippen molar-refractivity contribution in [2.24, 2.45) is 0 Å². The van der Waals surface area contributed by atoms with E-state index in [0.29, 0.717) is 6.54 Å². The van der Waals surface area contributed by atoms with E-state index in [4.69, 9.17) is 9.84 Å². The Balaban J connectivity index is 0. The molecule has 1 aliphatic heterocycles. The van der Waals surface area contributed by atoms with Crippen LogP contribution in [0.4, 0.5) is 4.79 Å². The minimum atomic E-state index is -0.787. The van der Waals surface area contributed by atoms with E-state index >= 15 is 0 Å². The fourth-order valence-corrected chi connectivity index (χ4v) is 1.99. The Morgan fingerprint density at radius 1 is 1.09 bits per heavy atom. The van der Waals surface area contributed by atoms with Crippen LogP contribution in [0.5, 0.6) is 0 Å². The van der Waals surface area contributed by atoms with Crippen molar-refractivity contribution >= 4 is 36.9 Å². The maximum absolute atomic E-state index is 11.4. The normalized spacial score (nSPS) is 16.1. The lowest BCUT2D eigenvalue weighted by Crippen LogP contribution is -2.49. The number of carboxylic acid groups (broad SMARTS) is 1. The number of carbonyl (C=O) groups excluding carboxylic acids is 1. The van der Waals surface area contributed by atoms with Crippen LogP contribution >= 0.6 is 24.8 Å². The Morgan fingerprint density at radius 2 is 1.59 bits per heavy atom. The van der Waals surface area contributed by atoms with Crippen molar-refractivity contribution in [3.63, 3.8) is 0 Å². The molecule has 0 aromatic carbocycles. The Hall–Kier alpha value is -0.760. The highest BCUT2D eigenvalue weighted by atomic mass is 35.5. The molecule has 7 nitrogen and oxygen atoms in total. The molecule has 0 aromatic heterocycles. The quantitative estimate of drug-likeness (QED) is 0.763. The predicted molar refractivity (Wildman–Crippen MR) is 89.2 cm³/mol. The molecular formula is C13H27Cl2N3O4. The molecule has 1 saturated heterocycles. The summed E-state index contributed by atoms with van der Waals surface area (Å²) in [5.74, 6) is -0.787. The van der Waals surface area contributed by atoms with Gasteiger partial charge in [-0.05, 0) is 20.8 Å². The first-order chi connectivity index (χ1) is 9.26. The summed E-state index contributed by atoms with van der Waals surface area (Å²) in [4.78, 5) is 26.2.